The molecular formula is C37H40N4O8. The molecule has 0 amide bonds. The fourth-order valence-corrected chi connectivity index (χ4v) is 5.11. The Bertz CT molecular complexity index is 2030. The number of nitrogens with one attached hydrogen (secondary N) is 2. The molecule has 3 aromatic rings. The van der Waals surface area contributed by atoms with Crippen LogP contribution in [0.2, 0.25) is 0 Å². The second-order valence-corrected chi connectivity index (χ2v) is 13.0. The monoisotopic (exact) mass is 668 g/mol. The van der Waals surface area contributed by atoms with Crippen LogP contribution in [-0.2, 0) is 18.9 Å². The highest BCUT2D eigenvalue weighted by atomic mass is 16.5. The minimum Gasteiger partial charge on any atom is -0.465 e. The van der Waals surface area contributed by atoms with Gasteiger partial charge in [0.15, 0.2) is 0 Å². The zero-order chi connectivity index (χ0) is 35.4. The van der Waals surface area contributed by atoms with Crippen LogP contribution in [0.15, 0.2) is 24.3 Å². The molecule has 49 heavy (non-hydrogen) atoms. The highest BCUT2D eigenvalue weighted by Crippen LogP contribution is 2.29. The Hall–Kier alpha value is -5.52. The van der Waals surface area contributed by atoms with Crippen LogP contribution in [0.25, 0.3) is 46.4 Å². The van der Waals surface area contributed by atoms with Crippen LogP contribution in [0, 0.1) is 17.8 Å². The zero-order valence-corrected chi connectivity index (χ0v) is 28.6. The molecule has 2 N–H and O–H groups in total. The maximum atomic E-state index is 13.7. The van der Waals surface area contributed by atoms with Crippen LogP contribution < -0.4 is 0 Å². The number of fused-ring (bicyclic) bond motifs is 8. The molecule has 2 aliphatic heterocycles. The van der Waals surface area contributed by atoms with Gasteiger partial charge >= 0.3 is 23.9 Å². The van der Waals surface area contributed by atoms with E-state index in [1.165, 1.54) is 7.11 Å². The molecule has 0 atom stereocenters. The molecule has 0 aliphatic carbocycles. The Labute approximate surface area is 283 Å². The van der Waals surface area contributed by atoms with Crippen molar-refractivity contribution in [3.8, 4) is 0 Å². The van der Waals surface area contributed by atoms with Crippen molar-refractivity contribution < 1.29 is 38.1 Å². The Morgan fingerprint density at radius 3 is 1.18 bits per heavy atom. The number of aromatic nitrogens is 4. The van der Waals surface area contributed by atoms with Crippen molar-refractivity contribution in [2.45, 2.75) is 41.5 Å². The number of carbonyl (C=O) groups is 4. The fraction of sp³-hybridized carbons (Fsp3) is 0.351. The predicted octanol–water partition coefficient (Wildman–Crippen LogP) is 6.88. The summed E-state index contributed by atoms with van der Waals surface area (Å²) in [5.41, 5.74) is 2.48. The first-order valence-corrected chi connectivity index (χ1v) is 16.1. The molecule has 5 rings (SSSR count). The van der Waals surface area contributed by atoms with E-state index >= 15 is 0 Å². The van der Waals surface area contributed by atoms with Crippen molar-refractivity contribution in [2.24, 2.45) is 17.8 Å². The standard InChI is InChI=1S/C37H40N4O8/c1-19(2)16-47-35(43)31-24-10-8-22(38-24)30(34(42)46-7)23-9-11-25(39-23)32(36(44)48-17-20(3)4)27-13-15-29(41-27)33(28-14-12-26(31)40-28)37(45)49-18-21(5)6/h8-15,19-21,38,40H,16-18H2,1-7H3. The van der Waals surface area contributed by atoms with Crippen molar-refractivity contribution in [1.29, 1.82) is 0 Å². The summed E-state index contributed by atoms with van der Waals surface area (Å²) in [6.45, 7) is 12.0. The Morgan fingerprint density at radius 1 is 0.510 bits per heavy atom. The summed E-state index contributed by atoms with van der Waals surface area (Å²) in [5, 5.41) is 0. The lowest BCUT2D eigenvalue weighted by atomic mass is 10.1. The van der Waals surface area contributed by atoms with Gasteiger partial charge in [-0.05, 0) is 66.3 Å². The fourth-order valence-electron chi connectivity index (χ4n) is 5.11. The first-order chi connectivity index (χ1) is 23.4. The second kappa shape index (κ2) is 14.7. The number of ether oxygens (including phenoxy) is 4. The van der Waals surface area contributed by atoms with E-state index in [1.54, 1.807) is 48.6 Å². The van der Waals surface area contributed by atoms with E-state index in [4.69, 9.17) is 23.9 Å². The van der Waals surface area contributed by atoms with E-state index in [1.807, 2.05) is 41.5 Å². The summed E-state index contributed by atoms with van der Waals surface area (Å²) < 4.78 is 22.0. The van der Waals surface area contributed by atoms with Gasteiger partial charge in [0.25, 0.3) is 0 Å². The molecule has 0 spiro atoms. The molecule has 0 saturated heterocycles. The Kier molecular flexibility index (Phi) is 10.5. The van der Waals surface area contributed by atoms with Gasteiger partial charge in [-0.25, -0.2) is 29.1 Å². The third kappa shape index (κ3) is 7.64. The summed E-state index contributed by atoms with van der Waals surface area (Å²) >= 11 is 0. The number of hydrogen-bond acceptors (Lipinski definition) is 10. The van der Waals surface area contributed by atoms with Gasteiger partial charge in [0.2, 0.25) is 0 Å². The number of esters is 4. The smallest absolute Gasteiger partial charge is 0.342 e. The third-order valence-electron chi connectivity index (χ3n) is 7.40. The van der Waals surface area contributed by atoms with Gasteiger partial charge in [-0.15, -0.1) is 0 Å². The van der Waals surface area contributed by atoms with E-state index in [2.05, 4.69) is 15.0 Å². The van der Waals surface area contributed by atoms with Gasteiger partial charge in [0, 0.05) is 0 Å². The van der Waals surface area contributed by atoms with Gasteiger partial charge in [-0.3, -0.25) is 0 Å². The largest absolute Gasteiger partial charge is 0.465 e. The summed E-state index contributed by atoms with van der Waals surface area (Å²) in [6.07, 6.45) is 6.36. The van der Waals surface area contributed by atoms with Crippen molar-refractivity contribution in [2.75, 3.05) is 26.9 Å². The molecule has 0 aromatic carbocycles. The first-order valence-electron chi connectivity index (χ1n) is 16.1. The summed E-state index contributed by atoms with van der Waals surface area (Å²) in [7, 11) is 1.25. The highest BCUT2D eigenvalue weighted by Gasteiger charge is 2.26. The average molecular weight is 669 g/mol. The molecule has 0 radical (unpaired) electrons. The van der Waals surface area contributed by atoms with Gasteiger partial charge in [0.05, 0.1) is 71.8 Å². The molecule has 3 aromatic heterocycles. The number of nitrogens with zero attached hydrogens (tertiary/aromatic N) is 2. The summed E-state index contributed by atoms with van der Waals surface area (Å²) in [6, 6.07) is 6.56. The number of hydrogen-bond donors (Lipinski definition) is 2. The van der Waals surface area contributed by atoms with Gasteiger partial charge in [0.1, 0.15) is 22.3 Å². The van der Waals surface area contributed by atoms with Crippen LogP contribution >= 0.6 is 0 Å². The molecule has 12 heteroatoms. The average Bonchev–Trinajstić information content (AvgIpc) is 3.88. The molecular weight excluding hydrogens is 628 g/mol. The number of methoxy groups -OCH3 is 1. The molecule has 0 unspecified atom stereocenters. The van der Waals surface area contributed by atoms with Crippen LogP contribution in [0.3, 0.4) is 0 Å². The quantitative estimate of drug-likeness (QED) is 0.118. The van der Waals surface area contributed by atoms with Crippen LogP contribution in [0.1, 0.15) is 106 Å². The van der Waals surface area contributed by atoms with Crippen LogP contribution in [0.5, 0.6) is 0 Å². The lowest BCUT2D eigenvalue weighted by Gasteiger charge is -2.09. The summed E-state index contributed by atoms with van der Waals surface area (Å²) in [5.74, 6) is -2.43. The second-order valence-electron chi connectivity index (χ2n) is 13.0. The molecule has 0 saturated carbocycles. The van der Waals surface area contributed by atoms with E-state index in [0.29, 0.717) is 22.1 Å². The SMILES string of the molecule is COC(=O)c1c2nc(c(C(=O)OCC(C)C)c3nc(c(C(=O)OCC(C)C)c4ccc([nH]4)c(C(=O)OCC(C)C)c4ccc1[nH]4)C=C3)C=C2. The maximum absolute atomic E-state index is 13.7. The van der Waals surface area contributed by atoms with E-state index in [0.717, 1.165) is 0 Å². The minimum atomic E-state index is -0.693. The van der Waals surface area contributed by atoms with E-state index < -0.39 is 23.9 Å². The van der Waals surface area contributed by atoms with E-state index in [9.17, 15) is 19.2 Å². The van der Waals surface area contributed by atoms with Crippen LogP contribution in [-0.4, -0.2) is 70.7 Å². The third-order valence-corrected chi connectivity index (χ3v) is 7.40. The predicted molar refractivity (Wildman–Crippen MR) is 186 cm³/mol. The topological polar surface area (TPSA) is 163 Å². The molecule has 0 fully saturated rings. The molecule has 256 valence electrons. The summed E-state index contributed by atoms with van der Waals surface area (Å²) in [4.78, 5) is 69.9. The van der Waals surface area contributed by atoms with Crippen molar-refractivity contribution in [3.05, 3.63) is 69.3 Å². The number of aromatic amines is 2. The normalized spacial score (nSPS) is 12.1. The Balaban J connectivity index is 1.93. The van der Waals surface area contributed by atoms with Gasteiger partial charge in [-0.1, -0.05) is 41.5 Å². The number of carbonyl (C=O) groups excluding carboxylic acids is 4. The Morgan fingerprint density at radius 2 is 0.816 bits per heavy atom. The van der Waals surface area contributed by atoms with Crippen molar-refractivity contribution >= 4 is 70.2 Å². The lowest BCUT2D eigenvalue weighted by Crippen LogP contribution is -2.13. The molecule has 12 nitrogen and oxygen atoms in total. The molecule has 5 heterocycles. The molecule has 2 aliphatic rings. The lowest BCUT2D eigenvalue weighted by molar-refractivity contribution is 0.0451. The maximum Gasteiger partial charge on any atom is 0.342 e. The van der Waals surface area contributed by atoms with Gasteiger partial charge in [-0.2, -0.15) is 0 Å². The minimum absolute atomic E-state index is 0.0484. The van der Waals surface area contributed by atoms with Gasteiger partial charge < -0.3 is 28.9 Å². The number of H-pyrrole nitrogens is 2. The van der Waals surface area contributed by atoms with Crippen molar-refractivity contribution in [1.82, 2.24) is 19.9 Å². The van der Waals surface area contributed by atoms with E-state index in [-0.39, 0.29) is 82.6 Å². The zero-order valence-electron chi connectivity index (χ0n) is 28.6. The molecule has 8 bridgehead atoms. The number of rotatable bonds is 10. The highest BCUT2D eigenvalue weighted by molar-refractivity contribution is 6.08. The first kappa shape index (κ1) is 34.8. The van der Waals surface area contributed by atoms with Crippen LogP contribution in [0.4, 0.5) is 0 Å². The van der Waals surface area contributed by atoms with Crippen molar-refractivity contribution in [3.63, 3.8) is 0 Å².